The number of carboxylic acid groups (broad SMARTS) is 1. The highest BCUT2D eigenvalue weighted by atomic mass is 16.4. The van der Waals surface area contributed by atoms with Gasteiger partial charge in [0, 0.05) is 11.7 Å². The van der Waals surface area contributed by atoms with E-state index in [4.69, 9.17) is 0 Å². The molecule has 0 aliphatic heterocycles. The third-order valence-corrected chi connectivity index (χ3v) is 4.18. The summed E-state index contributed by atoms with van der Waals surface area (Å²) in [6.45, 7) is 6.46. The third-order valence-electron chi connectivity index (χ3n) is 4.18. The molecular weight excluding hydrogens is 238 g/mol. The minimum Gasteiger partial charge on any atom is -0.478 e. The number of aryl methyl sites for hydroxylation is 1. The highest BCUT2D eigenvalue weighted by Crippen LogP contribution is 2.31. The molecule has 1 aromatic carbocycles. The van der Waals surface area contributed by atoms with Crippen LogP contribution in [0.15, 0.2) is 18.2 Å². The molecule has 0 aromatic heterocycles. The molecule has 19 heavy (non-hydrogen) atoms. The van der Waals surface area contributed by atoms with Gasteiger partial charge in [-0.05, 0) is 50.2 Å². The van der Waals surface area contributed by atoms with Gasteiger partial charge in [0.25, 0.3) is 0 Å². The number of hydrogen-bond acceptors (Lipinski definition) is 2. The van der Waals surface area contributed by atoms with E-state index in [1.807, 2.05) is 19.1 Å². The van der Waals surface area contributed by atoms with Crippen LogP contribution in [0.2, 0.25) is 0 Å². The van der Waals surface area contributed by atoms with Gasteiger partial charge in [-0.15, -0.1) is 0 Å². The van der Waals surface area contributed by atoms with Crippen molar-refractivity contribution in [2.45, 2.75) is 46.1 Å². The Hall–Kier alpha value is -1.51. The summed E-state index contributed by atoms with van der Waals surface area (Å²) in [5, 5.41) is 12.7. The van der Waals surface area contributed by atoms with Crippen LogP contribution in [0.3, 0.4) is 0 Å². The Kier molecular flexibility index (Phi) is 4.13. The first-order chi connectivity index (χ1) is 8.97. The predicted molar refractivity (Wildman–Crippen MR) is 77.7 cm³/mol. The lowest BCUT2D eigenvalue weighted by molar-refractivity contribution is 0.0697. The van der Waals surface area contributed by atoms with Gasteiger partial charge < -0.3 is 10.4 Å². The highest BCUT2D eigenvalue weighted by Gasteiger charge is 2.26. The smallest absolute Gasteiger partial charge is 0.337 e. The zero-order chi connectivity index (χ0) is 14.0. The number of carboxylic acids is 1. The Morgan fingerprint density at radius 2 is 2.05 bits per heavy atom. The highest BCUT2D eigenvalue weighted by molar-refractivity contribution is 5.94. The summed E-state index contributed by atoms with van der Waals surface area (Å²) in [5.41, 5.74) is 2.11. The summed E-state index contributed by atoms with van der Waals surface area (Å²) < 4.78 is 0. The summed E-state index contributed by atoms with van der Waals surface area (Å²) in [7, 11) is 0. The van der Waals surface area contributed by atoms with Gasteiger partial charge in [-0.3, -0.25) is 0 Å². The van der Waals surface area contributed by atoms with Crippen LogP contribution in [-0.2, 0) is 0 Å². The molecule has 3 atom stereocenters. The van der Waals surface area contributed by atoms with Crippen molar-refractivity contribution in [3.05, 3.63) is 29.3 Å². The monoisotopic (exact) mass is 261 g/mol. The third kappa shape index (κ3) is 3.28. The van der Waals surface area contributed by atoms with E-state index in [-0.39, 0.29) is 0 Å². The number of anilines is 1. The van der Waals surface area contributed by atoms with Gasteiger partial charge in [-0.25, -0.2) is 4.79 Å². The maximum Gasteiger partial charge on any atom is 0.337 e. The van der Waals surface area contributed by atoms with E-state index < -0.39 is 5.97 Å². The molecule has 1 saturated carbocycles. The molecule has 3 nitrogen and oxygen atoms in total. The number of hydrogen-bond donors (Lipinski definition) is 2. The molecule has 0 heterocycles. The second kappa shape index (κ2) is 5.64. The average molecular weight is 261 g/mol. The van der Waals surface area contributed by atoms with Crippen molar-refractivity contribution in [2.24, 2.45) is 11.8 Å². The van der Waals surface area contributed by atoms with E-state index >= 15 is 0 Å². The molecule has 2 N–H and O–H groups in total. The van der Waals surface area contributed by atoms with Gasteiger partial charge in [0.1, 0.15) is 0 Å². The van der Waals surface area contributed by atoms with Gasteiger partial charge >= 0.3 is 5.97 Å². The Bertz CT molecular complexity index is 470. The van der Waals surface area contributed by atoms with Crippen LogP contribution in [0, 0.1) is 18.8 Å². The lowest BCUT2D eigenvalue weighted by Crippen LogP contribution is -2.33. The Morgan fingerprint density at radius 1 is 1.32 bits per heavy atom. The fourth-order valence-electron chi connectivity index (χ4n) is 3.04. The standard InChI is InChI=1S/C16H23NO2/c1-10-4-6-14(12(3)8-10)17-15-7-5-11(2)9-13(15)16(18)19/h5,7,9-10,12,14,17H,4,6,8H2,1-3H3,(H,18,19). The van der Waals surface area contributed by atoms with Gasteiger partial charge in [0.05, 0.1) is 5.56 Å². The zero-order valence-corrected chi connectivity index (χ0v) is 11.9. The number of rotatable bonds is 3. The van der Waals surface area contributed by atoms with E-state index in [9.17, 15) is 9.90 Å². The molecule has 3 unspecified atom stereocenters. The second-order valence-corrected chi connectivity index (χ2v) is 6.00. The summed E-state index contributed by atoms with van der Waals surface area (Å²) in [4.78, 5) is 11.3. The molecule has 0 radical (unpaired) electrons. The molecule has 1 aliphatic rings. The van der Waals surface area contributed by atoms with Gasteiger partial charge in [-0.1, -0.05) is 25.5 Å². The van der Waals surface area contributed by atoms with Crippen molar-refractivity contribution in [1.29, 1.82) is 0 Å². The van der Waals surface area contributed by atoms with Crippen LogP contribution in [0.1, 0.15) is 49.0 Å². The SMILES string of the molecule is Cc1ccc(NC2CCC(C)CC2C)c(C(=O)O)c1. The molecule has 0 saturated heterocycles. The van der Waals surface area contributed by atoms with Crippen LogP contribution in [0.25, 0.3) is 0 Å². The summed E-state index contributed by atoms with van der Waals surface area (Å²) >= 11 is 0. The van der Waals surface area contributed by atoms with Gasteiger partial charge in [0.15, 0.2) is 0 Å². The molecule has 3 heteroatoms. The van der Waals surface area contributed by atoms with Crippen LogP contribution >= 0.6 is 0 Å². The number of aromatic carboxylic acids is 1. The van der Waals surface area contributed by atoms with Crippen molar-refractivity contribution in [3.63, 3.8) is 0 Å². The predicted octanol–water partition coefficient (Wildman–Crippen LogP) is 3.93. The minimum absolute atomic E-state index is 0.380. The van der Waals surface area contributed by atoms with Gasteiger partial charge in [-0.2, -0.15) is 0 Å². The Morgan fingerprint density at radius 3 is 2.68 bits per heavy atom. The van der Waals surface area contributed by atoms with Gasteiger partial charge in [0.2, 0.25) is 0 Å². The maximum atomic E-state index is 11.3. The molecule has 0 spiro atoms. The first-order valence-corrected chi connectivity index (χ1v) is 7.08. The molecule has 1 fully saturated rings. The largest absolute Gasteiger partial charge is 0.478 e. The van der Waals surface area contributed by atoms with Crippen LogP contribution in [0.5, 0.6) is 0 Å². The molecule has 2 rings (SSSR count). The summed E-state index contributed by atoms with van der Waals surface area (Å²) in [6.07, 6.45) is 3.55. The van der Waals surface area contributed by atoms with Crippen molar-refractivity contribution in [3.8, 4) is 0 Å². The van der Waals surface area contributed by atoms with E-state index in [1.165, 1.54) is 12.8 Å². The minimum atomic E-state index is -0.858. The quantitative estimate of drug-likeness (QED) is 0.866. The van der Waals surface area contributed by atoms with E-state index in [0.29, 0.717) is 17.5 Å². The summed E-state index contributed by atoms with van der Waals surface area (Å²) in [5.74, 6) is 0.514. The van der Waals surface area contributed by atoms with E-state index in [1.54, 1.807) is 6.07 Å². The number of carbonyl (C=O) groups is 1. The lowest BCUT2D eigenvalue weighted by Gasteiger charge is -2.34. The normalized spacial score (nSPS) is 27.0. The fraction of sp³-hybridized carbons (Fsp3) is 0.562. The van der Waals surface area contributed by atoms with Crippen molar-refractivity contribution < 1.29 is 9.90 Å². The Balaban J connectivity index is 2.17. The molecular formula is C16H23NO2. The first-order valence-electron chi connectivity index (χ1n) is 7.08. The molecule has 0 bridgehead atoms. The molecule has 1 aliphatic carbocycles. The lowest BCUT2D eigenvalue weighted by atomic mass is 9.79. The van der Waals surface area contributed by atoms with Crippen LogP contribution in [-0.4, -0.2) is 17.1 Å². The number of benzene rings is 1. The molecule has 104 valence electrons. The summed E-state index contributed by atoms with van der Waals surface area (Å²) in [6, 6.07) is 5.98. The van der Waals surface area contributed by atoms with Crippen LogP contribution in [0.4, 0.5) is 5.69 Å². The second-order valence-electron chi connectivity index (χ2n) is 6.00. The van der Waals surface area contributed by atoms with Crippen LogP contribution < -0.4 is 5.32 Å². The Labute approximate surface area is 115 Å². The van der Waals surface area contributed by atoms with Crippen molar-refractivity contribution in [1.82, 2.24) is 0 Å². The van der Waals surface area contributed by atoms with E-state index in [2.05, 4.69) is 19.2 Å². The average Bonchev–Trinajstić information content (AvgIpc) is 2.34. The zero-order valence-electron chi connectivity index (χ0n) is 11.9. The number of nitrogens with one attached hydrogen (secondary N) is 1. The molecule has 1 aromatic rings. The maximum absolute atomic E-state index is 11.3. The topological polar surface area (TPSA) is 49.3 Å². The fourth-order valence-corrected chi connectivity index (χ4v) is 3.04. The first kappa shape index (κ1) is 13.9. The van der Waals surface area contributed by atoms with E-state index in [0.717, 1.165) is 23.6 Å². The van der Waals surface area contributed by atoms with Crippen molar-refractivity contribution in [2.75, 3.05) is 5.32 Å². The van der Waals surface area contributed by atoms with Crippen molar-refractivity contribution >= 4 is 11.7 Å². The molecule has 0 amide bonds.